The molecular weight excluding hydrogens is 276 g/mol. The highest BCUT2D eigenvalue weighted by Crippen LogP contribution is 2.32. The molecule has 1 fully saturated rings. The highest BCUT2D eigenvalue weighted by molar-refractivity contribution is 7.89. The zero-order chi connectivity index (χ0) is 13.3. The Kier molecular flexibility index (Phi) is 3.82. The third-order valence-corrected chi connectivity index (χ3v) is 4.88. The van der Waals surface area contributed by atoms with Crippen molar-refractivity contribution >= 4 is 27.3 Å². The van der Waals surface area contributed by atoms with Gasteiger partial charge in [-0.25, -0.2) is 13.1 Å². The summed E-state index contributed by atoms with van der Waals surface area (Å²) in [7, 11) is -3.79. The van der Waals surface area contributed by atoms with Crippen LogP contribution in [0.2, 0.25) is 5.02 Å². The van der Waals surface area contributed by atoms with Crippen molar-refractivity contribution in [3.8, 4) is 0 Å². The minimum Gasteiger partial charge on any atom is -0.398 e. The summed E-state index contributed by atoms with van der Waals surface area (Å²) >= 11 is 5.84. The maximum Gasteiger partial charge on any atom is 0.244 e. The molecule has 7 heteroatoms. The maximum atomic E-state index is 12.0. The molecule has 0 bridgehead atoms. The Morgan fingerprint density at radius 2 is 2.17 bits per heavy atom. The van der Waals surface area contributed by atoms with E-state index in [0.29, 0.717) is 0 Å². The highest BCUT2D eigenvalue weighted by Gasteiger charge is 2.31. The van der Waals surface area contributed by atoms with Crippen LogP contribution in [0.25, 0.3) is 0 Å². The summed E-state index contributed by atoms with van der Waals surface area (Å²) in [6.45, 7) is -0.0162. The second kappa shape index (κ2) is 5.05. The van der Waals surface area contributed by atoms with E-state index in [4.69, 9.17) is 17.3 Å². The summed E-state index contributed by atoms with van der Waals surface area (Å²) in [4.78, 5) is -0.130. The fraction of sp³-hybridized carbons (Fsp3) is 0.455. The van der Waals surface area contributed by atoms with Crippen LogP contribution in [0, 0.1) is 5.92 Å². The average Bonchev–Trinajstić information content (AvgIpc) is 3.09. The van der Waals surface area contributed by atoms with Gasteiger partial charge in [-0.1, -0.05) is 17.7 Å². The van der Waals surface area contributed by atoms with Crippen LogP contribution in [0.15, 0.2) is 23.1 Å². The molecule has 0 amide bonds. The molecule has 18 heavy (non-hydrogen) atoms. The Balaban J connectivity index is 2.14. The summed E-state index contributed by atoms with van der Waals surface area (Å²) in [6.07, 6.45) is 1.23. The van der Waals surface area contributed by atoms with E-state index in [2.05, 4.69) is 4.72 Å². The molecule has 1 unspecified atom stereocenters. The van der Waals surface area contributed by atoms with Crippen LogP contribution in [-0.4, -0.2) is 26.2 Å². The van der Waals surface area contributed by atoms with E-state index in [9.17, 15) is 13.5 Å². The molecule has 0 radical (unpaired) electrons. The molecule has 1 atom stereocenters. The zero-order valence-corrected chi connectivity index (χ0v) is 11.2. The van der Waals surface area contributed by atoms with Gasteiger partial charge in [-0.05, 0) is 30.9 Å². The normalized spacial score (nSPS) is 17.7. The van der Waals surface area contributed by atoms with Crippen LogP contribution in [-0.2, 0) is 10.0 Å². The first-order valence-corrected chi connectivity index (χ1v) is 7.49. The molecule has 1 aliphatic rings. The number of anilines is 1. The van der Waals surface area contributed by atoms with Gasteiger partial charge in [0, 0.05) is 6.54 Å². The topological polar surface area (TPSA) is 92.4 Å². The third-order valence-electron chi connectivity index (χ3n) is 2.91. The number of halogens is 1. The number of hydrogen-bond donors (Lipinski definition) is 3. The monoisotopic (exact) mass is 290 g/mol. The number of benzene rings is 1. The van der Waals surface area contributed by atoms with Crippen LogP contribution < -0.4 is 10.5 Å². The number of nitrogen functional groups attached to an aromatic ring is 1. The second-order valence-electron chi connectivity index (χ2n) is 4.41. The molecular formula is C11H15ClN2O3S. The van der Waals surface area contributed by atoms with Gasteiger partial charge >= 0.3 is 0 Å². The van der Waals surface area contributed by atoms with E-state index in [1.165, 1.54) is 12.1 Å². The molecule has 4 N–H and O–H groups in total. The van der Waals surface area contributed by atoms with Crippen LogP contribution >= 0.6 is 11.6 Å². The number of nitrogens with one attached hydrogen (secondary N) is 1. The number of aliphatic hydroxyl groups excluding tert-OH is 1. The lowest BCUT2D eigenvalue weighted by molar-refractivity contribution is 0.155. The number of nitrogens with two attached hydrogens (primary N) is 1. The van der Waals surface area contributed by atoms with Gasteiger partial charge in [-0.2, -0.15) is 0 Å². The Morgan fingerprint density at radius 3 is 2.72 bits per heavy atom. The van der Waals surface area contributed by atoms with Crippen molar-refractivity contribution in [1.29, 1.82) is 0 Å². The fourth-order valence-corrected chi connectivity index (χ4v) is 3.45. The smallest absolute Gasteiger partial charge is 0.244 e. The minimum absolute atomic E-state index is 0.0162. The zero-order valence-electron chi connectivity index (χ0n) is 9.64. The largest absolute Gasteiger partial charge is 0.398 e. The summed E-state index contributed by atoms with van der Waals surface area (Å²) in [5, 5.41) is 9.72. The molecule has 1 aliphatic carbocycles. The Labute approximate surface area is 111 Å². The Morgan fingerprint density at radius 1 is 1.50 bits per heavy atom. The molecule has 2 rings (SSSR count). The highest BCUT2D eigenvalue weighted by atomic mass is 35.5. The molecule has 1 aromatic rings. The van der Waals surface area contributed by atoms with Crippen LogP contribution in [0.1, 0.15) is 12.8 Å². The third kappa shape index (κ3) is 2.95. The van der Waals surface area contributed by atoms with Gasteiger partial charge in [-0.15, -0.1) is 0 Å². The van der Waals surface area contributed by atoms with Gasteiger partial charge in [-0.3, -0.25) is 0 Å². The predicted molar refractivity (Wildman–Crippen MR) is 69.8 cm³/mol. The van der Waals surface area contributed by atoms with Crippen molar-refractivity contribution in [3.05, 3.63) is 23.2 Å². The van der Waals surface area contributed by atoms with Crippen LogP contribution in [0.3, 0.4) is 0 Å². The second-order valence-corrected chi connectivity index (χ2v) is 6.53. The molecule has 0 spiro atoms. The van der Waals surface area contributed by atoms with E-state index >= 15 is 0 Å². The molecule has 0 heterocycles. The minimum atomic E-state index is -3.79. The SMILES string of the molecule is Nc1cccc(Cl)c1S(=O)(=O)NCC(O)C1CC1. The first-order chi connectivity index (χ1) is 8.42. The van der Waals surface area contributed by atoms with Gasteiger partial charge < -0.3 is 10.8 Å². The van der Waals surface area contributed by atoms with E-state index in [0.717, 1.165) is 12.8 Å². The molecule has 0 aliphatic heterocycles. The van der Waals surface area contributed by atoms with Gasteiger partial charge in [0.15, 0.2) is 0 Å². The van der Waals surface area contributed by atoms with Crippen molar-refractivity contribution in [2.75, 3.05) is 12.3 Å². The maximum absolute atomic E-state index is 12.0. The average molecular weight is 291 g/mol. The van der Waals surface area contributed by atoms with E-state index in [1.807, 2.05) is 0 Å². The molecule has 5 nitrogen and oxygen atoms in total. The van der Waals surface area contributed by atoms with Gasteiger partial charge in [0.2, 0.25) is 10.0 Å². The number of sulfonamides is 1. The lowest BCUT2D eigenvalue weighted by Crippen LogP contribution is -2.33. The molecule has 1 saturated carbocycles. The quantitative estimate of drug-likeness (QED) is 0.705. The van der Waals surface area contributed by atoms with Crippen molar-refractivity contribution in [3.63, 3.8) is 0 Å². The van der Waals surface area contributed by atoms with Gasteiger partial charge in [0.05, 0.1) is 16.8 Å². The molecule has 100 valence electrons. The Bertz CT molecular complexity index is 523. The van der Waals surface area contributed by atoms with Gasteiger partial charge in [0.1, 0.15) is 4.90 Å². The fourth-order valence-electron chi connectivity index (χ4n) is 1.72. The van der Waals surface area contributed by atoms with E-state index < -0.39 is 16.1 Å². The number of hydrogen-bond acceptors (Lipinski definition) is 4. The van der Waals surface area contributed by atoms with E-state index in [-0.39, 0.29) is 28.1 Å². The summed E-state index contributed by atoms with van der Waals surface area (Å²) in [5.41, 5.74) is 5.71. The molecule has 1 aromatic carbocycles. The predicted octanol–water partition coefficient (Wildman–Crippen LogP) is 0.971. The first kappa shape index (κ1) is 13.6. The van der Waals surface area contributed by atoms with Crippen LogP contribution in [0.5, 0.6) is 0 Å². The van der Waals surface area contributed by atoms with E-state index in [1.54, 1.807) is 6.07 Å². The summed E-state index contributed by atoms with van der Waals surface area (Å²) in [5.74, 6) is 0.205. The van der Waals surface area contributed by atoms with Crippen molar-refractivity contribution in [2.24, 2.45) is 5.92 Å². The number of aliphatic hydroxyl groups is 1. The van der Waals surface area contributed by atoms with Crippen LogP contribution in [0.4, 0.5) is 5.69 Å². The first-order valence-electron chi connectivity index (χ1n) is 5.63. The lowest BCUT2D eigenvalue weighted by atomic mass is 10.2. The van der Waals surface area contributed by atoms with Gasteiger partial charge in [0.25, 0.3) is 0 Å². The molecule has 0 saturated heterocycles. The Hall–Kier alpha value is -0.820. The summed E-state index contributed by atoms with van der Waals surface area (Å²) in [6, 6.07) is 4.51. The van der Waals surface area contributed by atoms with Crippen molar-refractivity contribution in [2.45, 2.75) is 23.8 Å². The standard InChI is InChI=1S/C11H15ClN2O3S/c12-8-2-1-3-9(13)11(8)18(16,17)14-6-10(15)7-4-5-7/h1-3,7,10,14-15H,4-6,13H2. The molecule has 0 aromatic heterocycles. The van der Waals surface area contributed by atoms with Crippen molar-refractivity contribution < 1.29 is 13.5 Å². The summed E-state index contributed by atoms with van der Waals surface area (Å²) < 4.78 is 26.4. The lowest BCUT2D eigenvalue weighted by Gasteiger charge is -2.13. The van der Waals surface area contributed by atoms with Crippen molar-refractivity contribution in [1.82, 2.24) is 4.72 Å². The number of rotatable bonds is 5.